The van der Waals surface area contributed by atoms with Gasteiger partial charge in [-0.25, -0.2) is 9.97 Å². The van der Waals surface area contributed by atoms with Crippen LogP contribution in [0.3, 0.4) is 0 Å². The first-order chi connectivity index (χ1) is 14.0. The first-order valence-electron chi connectivity index (χ1n) is 9.49. The molecule has 0 radical (unpaired) electrons. The molecule has 9 nitrogen and oxygen atoms in total. The van der Waals surface area contributed by atoms with Gasteiger partial charge in [0.2, 0.25) is 0 Å². The van der Waals surface area contributed by atoms with E-state index in [-0.39, 0.29) is 5.69 Å². The predicted octanol–water partition coefficient (Wildman–Crippen LogP) is 1.50. The molecule has 1 aliphatic rings. The van der Waals surface area contributed by atoms with Gasteiger partial charge in [0, 0.05) is 30.7 Å². The van der Waals surface area contributed by atoms with Gasteiger partial charge in [0.05, 0.1) is 22.9 Å². The Labute approximate surface area is 168 Å². The van der Waals surface area contributed by atoms with Gasteiger partial charge in [-0.2, -0.15) is 5.26 Å². The van der Waals surface area contributed by atoms with Crippen molar-refractivity contribution in [2.45, 2.75) is 19.8 Å². The second kappa shape index (κ2) is 7.48. The molecule has 9 heteroatoms. The highest BCUT2D eigenvalue weighted by molar-refractivity contribution is 5.93. The van der Waals surface area contributed by atoms with Gasteiger partial charge in [0.1, 0.15) is 5.69 Å². The predicted molar refractivity (Wildman–Crippen MR) is 108 cm³/mol. The third-order valence-corrected chi connectivity index (χ3v) is 5.45. The van der Waals surface area contributed by atoms with Crippen LogP contribution in [0.5, 0.6) is 0 Å². The van der Waals surface area contributed by atoms with Crippen LogP contribution in [0.4, 0.5) is 5.82 Å². The Kier molecular flexibility index (Phi) is 4.86. The lowest BCUT2D eigenvalue weighted by Crippen LogP contribution is -2.40. The molecule has 3 aromatic heterocycles. The molecule has 4 heterocycles. The zero-order chi connectivity index (χ0) is 20.4. The van der Waals surface area contributed by atoms with Crippen molar-refractivity contribution in [2.75, 3.05) is 25.0 Å². The van der Waals surface area contributed by atoms with Crippen molar-refractivity contribution in [3.05, 3.63) is 42.1 Å². The second-order valence-electron chi connectivity index (χ2n) is 7.31. The van der Waals surface area contributed by atoms with E-state index < -0.39 is 11.3 Å². The Balaban J connectivity index is 1.79. The summed E-state index contributed by atoms with van der Waals surface area (Å²) in [5, 5.41) is 16.4. The molecule has 1 amide bonds. The topological polar surface area (TPSA) is 134 Å². The van der Waals surface area contributed by atoms with Gasteiger partial charge in [-0.15, -0.1) is 0 Å². The largest absolute Gasteiger partial charge is 0.365 e. The average molecular weight is 390 g/mol. The van der Waals surface area contributed by atoms with Crippen molar-refractivity contribution in [1.82, 2.24) is 24.7 Å². The SMILES string of the molecule is Cc1c(C(N)=O)nc2c(NCC3(C#N)CCNCC3)nc(-c3ccncc3)cn12. The van der Waals surface area contributed by atoms with Crippen LogP contribution in [0.15, 0.2) is 30.7 Å². The number of amides is 1. The van der Waals surface area contributed by atoms with E-state index in [0.29, 0.717) is 29.4 Å². The zero-order valence-electron chi connectivity index (χ0n) is 16.1. The lowest BCUT2D eigenvalue weighted by Gasteiger charge is -2.31. The Bertz CT molecular complexity index is 1090. The minimum Gasteiger partial charge on any atom is -0.365 e. The van der Waals surface area contributed by atoms with Gasteiger partial charge in [-0.05, 0) is 45.0 Å². The summed E-state index contributed by atoms with van der Waals surface area (Å²) >= 11 is 0. The first kappa shape index (κ1) is 18.8. The highest BCUT2D eigenvalue weighted by Gasteiger charge is 2.32. The van der Waals surface area contributed by atoms with Crippen molar-refractivity contribution in [3.8, 4) is 17.3 Å². The first-order valence-corrected chi connectivity index (χ1v) is 9.49. The summed E-state index contributed by atoms with van der Waals surface area (Å²) in [6.45, 7) is 3.86. The van der Waals surface area contributed by atoms with Crippen LogP contribution in [0.2, 0.25) is 0 Å². The molecule has 1 aliphatic heterocycles. The highest BCUT2D eigenvalue weighted by Crippen LogP contribution is 2.30. The number of carbonyl (C=O) groups excluding carboxylic acids is 1. The van der Waals surface area contributed by atoms with Crippen LogP contribution >= 0.6 is 0 Å². The van der Waals surface area contributed by atoms with E-state index in [1.165, 1.54) is 0 Å². The molecular weight excluding hydrogens is 368 g/mol. The number of hydrogen-bond donors (Lipinski definition) is 3. The van der Waals surface area contributed by atoms with Crippen LogP contribution in [0, 0.1) is 23.7 Å². The van der Waals surface area contributed by atoms with E-state index in [2.05, 4.69) is 26.7 Å². The maximum absolute atomic E-state index is 11.8. The maximum Gasteiger partial charge on any atom is 0.269 e. The molecule has 29 heavy (non-hydrogen) atoms. The summed E-state index contributed by atoms with van der Waals surface area (Å²) in [7, 11) is 0. The monoisotopic (exact) mass is 390 g/mol. The number of primary amides is 1. The molecule has 0 aliphatic carbocycles. The number of piperidine rings is 1. The number of anilines is 1. The number of nitriles is 1. The van der Waals surface area contributed by atoms with Crippen LogP contribution in [0.1, 0.15) is 29.0 Å². The zero-order valence-corrected chi connectivity index (χ0v) is 16.1. The number of imidazole rings is 1. The molecule has 0 saturated carbocycles. The smallest absolute Gasteiger partial charge is 0.269 e. The van der Waals surface area contributed by atoms with E-state index in [4.69, 9.17) is 10.7 Å². The van der Waals surface area contributed by atoms with E-state index in [9.17, 15) is 10.1 Å². The summed E-state index contributed by atoms with van der Waals surface area (Å²) in [5.74, 6) is -0.0717. The average Bonchev–Trinajstić information content (AvgIpc) is 3.10. The van der Waals surface area contributed by atoms with Crippen LogP contribution < -0.4 is 16.4 Å². The molecule has 3 aromatic rings. The van der Waals surface area contributed by atoms with Crippen molar-refractivity contribution in [3.63, 3.8) is 0 Å². The number of nitrogens with two attached hydrogens (primary N) is 1. The third-order valence-electron chi connectivity index (χ3n) is 5.45. The highest BCUT2D eigenvalue weighted by atomic mass is 16.1. The number of aryl methyl sites for hydroxylation is 1. The van der Waals surface area contributed by atoms with Gasteiger partial charge in [-0.3, -0.25) is 14.2 Å². The minimum atomic E-state index is -0.588. The number of hydrogen-bond acceptors (Lipinski definition) is 7. The Morgan fingerprint density at radius 1 is 1.34 bits per heavy atom. The fourth-order valence-corrected chi connectivity index (χ4v) is 3.66. The summed E-state index contributed by atoms with van der Waals surface area (Å²) in [6.07, 6.45) is 6.75. The Morgan fingerprint density at radius 2 is 2.07 bits per heavy atom. The van der Waals surface area contributed by atoms with Crippen molar-refractivity contribution >= 4 is 17.4 Å². The van der Waals surface area contributed by atoms with E-state index in [0.717, 1.165) is 31.5 Å². The third kappa shape index (κ3) is 3.50. The molecule has 148 valence electrons. The van der Waals surface area contributed by atoms with E-state index >= 15 is 0 Å². The van der Waals surface area contributed by atoms with Crippen molar-refractivity contribution < 1.29 is 4.79 Å². The summed E-state index contributed by atoms with van der Waals surface area (Å²) in [5.41, 5.74) is 7.98. The van der Waals surface area contributed by atoms with Gasteiger partial charge in [-0.1, -0.05) is 0 Å². The van der Waals surface area contributed by atoms with E-state index in [1.807, 2.05) is 22.7 Å². The number of nitrogens with one attached hydrogen (secondary N) is 2. The minimum absolute atomic E-state index is 0.207. The molecule has 0 atom stereocenters. The van der Waals surface area contributed by atoms with Crippen molar-refractivity contribution in [2.24, 2.45) is 11.1 Å². The summed E-state index contributed by atoms with van der Waals surface area (Å²) in [6, 6.07) is 6.20. The number of nitrogens with zero attached hydrogens (tertiary/aromatic N) is 5. The Morgan fingerprint density at radius 3 is 2.72 bits per heavy atom. The summed E-state index contributed by atoms with van der Waals surface area (Å²) in [4.78, 5) is 25.0. The van der Waals surface area contributed by atoms with Gasteiger partial charge < -0.3 is 16.4 Å². The molecule has 0 aromatic carbocycles. The maximum atomic E-state index is 11.8. The number of fused-ring (bicyclic) bond motifs is 1. The second-order valence-corrected chi connectivity index (χ2v) is 7.31. The molecule has 0 bridgehead atoms. The molecule has 4 N–H and O–H groups in total. The molecule has 0 spiro atoms. The molecule has 4 rings (SSSR count). The van der Waals surface area contributed by atoms with Crippen LogP contribution in [-0.2, 0) is 0 Å². The fraction of sp³-hybridized carbons (Fsp3) is 0.350. The number of carbonyl (C=O) groups is 1. The quantitative estimate of drug-likeness (QED) is 0.601. The molecule has 0 unspecified atom stereocenters. The normalized spacial score (nSPS) is 15.7. The van der Waals surface area contributed by atoms with Gasteiger partial charge in [0.15, 0.2) is 11.5 Å². The summed E-state index contributed by atoms with van der Waals surface area (Å²) < 4.78 is 1.81. The fourth-order valence-electron chi connectivity index (χ4n) is 3.66. The molecule has 1 fully saturated rings. The lowest BCUT2D eigenvalue weighted by molar-refractivity contribution is 0.0995. The van der Waals surface area contributed by atoms with Crippen molar-refractivity contribution in [1.29, 1.82) is 5.26 Å². The number of aromatic nitrogens is 4. The van der Waals surface area contributed by atoms with Gasteiger partial charge in [0.25, 0.3) is 5.91 Å². The van der Waals surface area contributed by atoms with Crippen LogP contribution in [-0.4, -0.2) is 44.9 Å². The van der Waals surface area contributed by atoms with Crippen LogP contribution in [0.25, 0.3) is 16.9 Å². The molecular formula is C20H22N8O. The number of rotatable bonds is 5. The lowest BCUT2D eigenvalue weighted by atomic mass is 9.80. The standard InChI is InChI=1S/C20H22N8O/c1-13-16(17(22)29)27-19-18(25-12-20(11-21)4-8-24-9-5-20)26-15(10-28(13)19)14-2-6-23-7-3-14/h2-3,6-7,10,24H,4-5,8-9,12H2,1H3,(H2,22,29)(H,25,26). The Hall–Kier alpha value is -3.51. The number of pyridine rings is 1. The van der Waals surface area contributed by atoms with Gasteiger partial charge >= 0.3 is 0 Å². The van der Waals surface area contributed by atoms with E-state index in [1.54, 1.807) is 19.3 Å². The molecule has 1 saturated heterocycles.